The van der Waals surface area contributed by atoms with E-state index < -0.39 is 0 Å². The minimum atomic E-state index is 0.299. The molecule has 1 atom stereocenters. The molecule has 3 aliphatic rings. The van der Waals surface area contributed by atoms with Crippen molar-refractivity contribution >= 4 is 5.90 Å². The fourth-order valence-corrected chi connectivity index (χ4v) is 5.83. The van der Waals surface area contributed by atoms with E-state index in [-0.39, 0.29) is 0 Å². The van der Waals surface area contributed by atoms with E-state index in [0.29, 0.717) is 24.5 Å². The minimum absolute atomic E-state index is 0.299. The Kier molecular flexibility index (Phi) is 6.69. The Morgan fingerprint density at radius 1 is 0.929 bits per heavy atom. The van der Waals surface area contributed by atoms with E-state index >= 15 is 0 Å². The molecule has 1 aliphatic heterocycles. The topological polar surface area (TPSA) is 34.5 Å². The van der Waals surface area contributed by atoms with Crippen LogP contribution >= 0.6 is 0 Å². The standard InChI is InChI=1S/C25H38N2O/c1-18(2)16-21-17-28-25(26-21)23-15-9-14-22(27-23)24(19-10-5-3-6-11-19)20-12-7-4-8-13-20/h9,14-15,18-21,24H,3-8,10-13,16-17H2,1-2H3/t21-/m1/s1. The van der Waals surface area contributed by atoms with Crippen LogP contribution in [0.2, 0.25) is 0 Å². The lowest BCUT2D eigenvalue weighted by Gasteiger charge is -2.37. The van der Waals surface area contributed by atoms with Gasteiger partial charge < -0.3 is 4.74 Å². The van der Waals surface area contributed by atoms with Crippen LogP contribution < -0.4 is 0 Å². The molecule has 1 aromatic rings. The van der Waals surface area contributed by atoms with E-state index in [9.17, 15) is 0 Å². The molecule has 3 heteroatoms. The number of rotatable bonds is 6. The van der Waals surface area contributed by atoms with E-state index in [1.165, 1.54) is 69.9 Å². The lowest BCUT2D eigenvalue weighted by Crippen LogP contribution is -2.26. The number of hydrogen-bond acceptors (Lipinski definition) is 3. The van der Waals surface area contributed by atoms with Crippen molar-refractivity contribution < 1.29 is 4.74 Å². The Morgan fingerprint density at radius 2 is 1.57 bits per heavy atom. The molecule has 0 aromatic carbocycles. The zero-order chi connectivity index (χ0) is 19.3. The molecule has 0 amide bonds. The molecule has 2 saturated carbocycles. The van der Waals surface area contributed by atoms with Crippen molar-refractivity contribution in [1.82, 2.24) is 4.98 Å². The summed E-state index contributed by atoms with van der Waals surface area (Å²) in [5.74, 6) is 3.70. The maximum Gasteiger partial charge on any atom is 0.235 e. The highest BCUT2D eigenvalue weighted by Crippen LogP contribution is 2.45. The molecule has 2 aliphatic carbocycles. The zero-order valence-electron chi connectivity index (χ0n) is 17.9. The summed E-state index contributed by atoms with van der Waals surface area (Å²) in [5.41, 5.74) is 2.27. The zero-order valence-corrected chi connectivity index (χ0v) is 17.9. The van der Waals surface area contributed by atoms with Crippen LogP contribution in [-0.4, -0.2) is 23.5 Å². The van der Waals surface area contributed by atoms with Crippen molar-refractivity contribution in [2.45, 2.75) is 96.4 Å². The Morgan fingerprint density at radius 3 is 2.18 bits per heavy atom. The number of hydrogen-bond donors (Lipinski definition) is 0. The fraction of sp³-hybridized carbons (Fsp3) is 0.760. The van der Waals surface area contributed by atoms with Crippen LogP contribution in [0.25, 0.3) is 0 Å². The monoisotopic (exact) mass is 382 g/mol. The molecule has 0 spiro atoms. The van der Waals surface area contributed by atoms with Crippen LogP contribution in [-0.2, 0) is 4.74 Å². The smallest absolute Gasteiger partial charge is 0.235 e. The Balaban J connectivity index is 1.57. The van der Waals surface area contributed by atoms with Gasteiger partial charge in [0.05, 0.1) is 6.04 Å². The second-order valence-electron chi connectivity index (χ2n) is 9.80. The first-order valence-electron chi connectivity index (χ1n) is 11.9. The van der Waals surface area contributed by atoms with Gasteiger partial charge in [0.15, 0.2) is 0 Å². The van der Waals surface area contributed by atoms with Crippen LogP contribution in [0.4, 0.5) is 0 Å². The molecule has 0 N–H and O–H groups in total. The molecule has 0 bridgehead atoms. The normalized spacial score (nSPS) is 24.6. The van der Waals surface area contributed by atoms with Gasteiger partial charge in [-0.2, -0.15) is 0 Å². The van der Waals surface area contributed by atoms with Crippen LogP contribution in [0.15, 0.2) is 23.2 Å². The van der Waals surface area contributed by atoms with Gasteiger partial charge in [-0.1, -0.05) is 58.4 Å². The number of nitrogens with zero attached hydrogens (tertiary/aromatic N) is 2. The predicted octanol–water partition coefficient (Wildman–Crippen LogP) is 6.52. The highest BCUT2D eigenvalue weighted by molar-refractivity contribution is 5.93. The lowest BCUT2D eigenvalue weighted by atomic mass is 9.68. The molecular weight excluding hydrogens is 344 g/mol. The van der Waals surface area contributed by atoms with E-state index in [2.05, 4.69) is 32.0 Å². The largest absolute Gasteiger partial charge is 0.474 e. The van der Waals surface area contributed by atoms with Crippen LogP contribution in [0, 0.1) is 17.8 Å². The van der Waals surface area contributed by atoms with Gasteiger partial charge in [0, 0.05) is 11.6 Å². The SMILES string of the molecule is CC(C)C[C@@H]1COC(c2cccc(C(C3CCCCC3)C3CCCCC3)n2)=N1. The summed E-state index contributed by atoms with van der Waals surface area (Å²) < 4.78 is 5.97. The van der Waals surface area contributed by atoms with Crippen molar-refractivity contribution in [2.75, 3.05) is 6.61 Å². The van der Waals surface area contributed by atoms with Crippen molar-refractivity contribution in [3.63, 3.8) is 0 Å². The fourth-order valence-electron chi connectivity index (χ4n) is 5.83. The first-order chi connectivity index (χ1) is 13.7. The molecule has 0 unspecified atom stereocenters. The molecule has 3 nitrogen and oxygen atoms in total. The molecule has 28 heavy (non-hydrogen) atoms. The summed E-state index contributed by atoms with van der Waals surface area (Å²) >= 11 is 0. The molecule has 0 saturated heterocycles. The van der Waals surface area contributed by atoms with Gasteiger partial charge in [-0.25, -0.2) is 9.98 Å². The van der Waals surface area contributed by atoms with E-state index in [1.807, 2.05) is 0 Å². The predicted molar refractivity (Wildman–Crippen MR) is 116 cm³/mol. The molecule has 4 rings (SSSR count). The average Bonchev–Trinajstić information content (AvgIpc) is 3.18. The van der Waals surface area contributed by atoms with Crippen LogP contribution in [0.3, 0.4) is 0 Å². The Bertz CT molecular complexity index is 638. The second kappa shape index (κ2) is 9.41. The van der Waals surface area contributed by atoms with Gasteiger partial charge in [-0.15, -0.1) is 0 Å². The maximum absolute atomic E-state index is 5.97. The molecular formula is C25H38N2O. The van der Waals surface area contributed by atoms with Gasteiger partial charge in [0.25, 0.3) is 0 Å². The number of ether oxygens (including phenoxy) is 1. The minimum Gasteiger partial charge on any atom is -0.474 e. The van der Waals surface area contributed by atoms with E-state index in [4.69, 9.17) is 14.7 Å². The molecule has 154 valence electrons. The summed E-state index contributed by atoms with van der Waals surface area (Å²) in [6.07, 6.45) is 15.1. The van der Waals surface area contributed by atoms with E-state index in [1.54, 1.807) is 0 Å². The van der Waals surface area contributed by atoms with Crippen molar-refractivity contribution in [3.05, 3.63) is 29.6 Å². The third-order valence-electron chi connectivity index (χ3n) is 7.10. The number of aromatic nitrogens is 1. The molecule has 2 fully saturated rings. The summed E-state index contributed by atoms with van der Waals surface area (Å²) in [6.45, 7) is 5.23. The molecule has 0 radical (unpaired) electrons. The van der Waals surface area contributed by atoms with Crippen LogP contribution in [0.5, 0.6) is 0 Å². The van der Waals surface area contributed by atoms with Crippen molar-refractivity contribution in [2.24, 2.45) is 22.7 Å². The van der Waals surface area contributed by atoms with Crippen molar-refractivity contribution in [1.29, 1.82) is 0 Å². The number of pyridine rings is 1. The van der Waals surface area contributed by atoms with Gasteiger partial charge in [0.2, 0.25) is 5.90 Å². The van der Waals surface area contributed by atoms with Crippen molar-refractivity contribution in [3.8, 4) is 0 Å². The highest BCUT2D eigenvalue weighted by atomic mass is 16.5. The summed E-state index contributed by atoms with van der Waals surface area (Å²) in [6, 6.07) is 6.88. The summed E-state index contributed by atoms with van der Waals surface area (Å²) in [7, 11) is 0. The second-order valence-corrected chi connectivity index (χ2v) is 9.80. The lowest BCUT2D eigenvalue weighted by molar-refractivity contribution is 0.199. The molecule has 1 aromatic heterocycles. The average molecular weight is 383 g/mol. The highest BCUT2D eigenvalue weighted by Gasteiger charge is 2.34. The maximum atomic E-state index is 5.97. The Hall–Kier alpha value is -1.38. The van der Waals surface area contributed by atoms with Crippen LogP contribution in [0.1, 0.15) is 102 Å². The number of aliphatic imine (C=N–C) groups is 1. The quantitative estimate of drug-likeness (QED) is 0.561. The van der Waals surface area contributed by atoms with Gasteiger partial charge in [-0.05, 0) is 62.0 Å². The van der Waals surface area contributed by atoms with Gasteiger partial charge in [0.1, 0.15) is 12.3 Å². The van der Waals surface area contributed by atoms with Gasteiger partial charge in [-0.3, -0.25) is 0 Å². The third kappa shape index (κ3) is 4.78. The Labute approximate surface area is 171 Å². The van der Waals surface area contributed by atoms with Gasteiger partial charge >= 0.3 is 0 Å². The summed E-state index contributed by atoms with van der Waals surface area (Å²) in [4.78, 5) is 10.0. The first-order valence-corrected chi connectivity index (χ1v) is 11.9. The first kappa shape index (κ1) is 19.9. The summed E-state index contributed by atoms with van der Waals surface area (Å²) in [5, 5.41) is 0. The third-order valence-corrected chi connectivity index (χ3v) is 7.10. The molecule has 2 heterocycles. The van der Waals surface area contributed by atoms with E-state index in [0.717, 1.165) is 29.8 Å².